The summed E-state index contributed by atoms with van der Waals surface area (Å²) in [6.07, 6.45) is 8.38. The minimum Gasteiger partial charge on any atom is -0.439 e. The Morgan fingerprint density at radius 2 is 1.87 bits per heavy atom. The highest BCUT2D eigenvalue weighted by atomic mass is 35.5. The third-order valence-corrected chi connectivity index (χ3v) is 7.49. The summed E-state index contributed by atoms with van der Waals surface area (Å²) in [4.78, 5) is 10.7. The molecule has 0 amide bonds. The molecule has 2 N–H and O–H groups in total. The van der Waals surface area contributed by atoms with Gasteiger partial charge in [0.25, 0.3) is 0 Å². The number of hydrogen-bond acceptors (Lipinski definition) is 5. The third-order valence-electron chi connectivity index (χ3n) is 6.99. The molecular weight excluding hydrogens is 416 g/mol. The van der Waals surface area contributed by atoms with E-state index in [0.29, 0.717) is 18.9 Å². The van der Waals surface area contributed by atoms with Crippen molar-refractivity contribution in [2.45, 2.75) is 88.2 Å². The van der Waals surface area contributed by atoms with E-state index < -0.39 is 12.2 Å². The molecule has 174 valence electrons. The van der Waals surface area contributed by atoms with Crippen LogP contribution in [0.2, 0.25) is 0 Å². The Morgan fingerprint density at radius 1 is 1.16 bits per heavy atom. The highest BCUT2D eigenvalue weighted by Gasteiger charge is 2.42. The molecule has 0 spiro atoms. The number of halogens is 1. The van der Waals surface area contributed by atoms with Crippen LogP contribution in [-0.2, 0) is 14.3 Å². The van der Waals surface area contributed by atoms with Gasteiger partial charge in [0, 0.05) is 18.2 Å². The average Bonchev–Trinajstić information content (AvgIpc) is 3.06. The van der Waals surface area contributed by atoms with E-state index in [4.69, 9.17) is 21.1 Å². The molecule has 2 aliphatic rings. The minimum atomic E-state index is -0.443. The van der Waals surface area contributed by atoms with E-state index >= 15 is 0 Å². The first-order chi connectivity index (χ1) is 15.0. The summed E-state index contributed by atoms with van der Waals surface area (Å²) in [6.45, 7) is 1.89. The van der Waals surface area contributed by atoms with Gasteiger partial charge in [0.2, 0.25) is 0 Å². The monoisotopic (exact) mass is 452 g/mol. The van der Waals surface area contributed by atoms with Crippen molar-refractivity contribution in [3.05, 3.63) is 35.4 Å². The number of hydrogen-bond donors (Lipinski definition) is 2. The van der Waals surface area contributed by atoms with Gasteiger partial charge in [0.1, 0.15) is 0 Å². The maximum Gasteiger partial charge on any atom is 0.304 e. The normalized spacial score (nSPS) is 27.9. The van der Waals surface area contributed by atoms with Crippen molar-refractivity contribution in [2.24, 2.45) is 11.8 Å². The summed E-state index contributed by atoms with van der Waals surface area (Å²) in [5.41, 5.74) is 2.08. The molecule has 0 heterocycles. The zero-order valence-corrected chi connectivity index (χ0v) is 19.3. The lowest BCUT2D eigenvalue weighted by molar-refractivity contribution is -0.153. The Morgan fingerprint density at radius 3 is 2.55 bits per heavy atom. The quantitative estimate of drug-likeness (QED) is 0.224. The SMILES string of the molecule is CC(=O)OCOCCCC[C@@H]1[C@@H](c2ccc(C(O)C3CCCCC3)cc2)[C@H](O)C[C@H]1Cl. The molecule has 0 bridgehead atoms. The predicted octanol–water partition coefficient (Wildman–Crippen LogP) is 5.08. The van der Waals surface area contributed by atoms with Crippen LogP contribution in [-0.4, -0.2) is 41.1 Å². The van der Waals surface area contributed by atoms with Gasteiger partial charge in [-0.05, 0) is 55.1 Å². The first kappa shape index (κ1) is 24.5. The fourth-order valence-electron chi connectivity index (χ4n) is 5.30. The number of esters is 1. The second-order valence-electron chi connectivity index (χ2n) is 9.18. The number of unbranched alkanes of at least 4 members (excludes halogenated alkanes) is 1. The Balaban J connectivity index is 1.53. The summed E-state index contributed by atoms with van der Waals surface area (Å²) in [7, 11) is 0. The zero-order valence-electron chi connectivity index (χ0n) is 18.5. The Labute approximate surface area is 191 Å². The van der Waals surface area contributed by atoms with Crippen molar-refractivity contribution >= 4 is 17.6 Å². The second kappa shape index (κ2) is 12.2. The molecule has 2 saturated carbocycles. The molecule has 1 unspecified atom stereocenters. The van der Waals surface area contributed by atoms with Gasteiger partial charge < -0.3 is 19.7 Å². The van der Waals surface area contributed by atoms with Crippen LogP contribution in [0.15, 0.2) is 24.3 Å². The number of aliphatic hydroxyl groups is 2. The van der Waals surface area contributed by atoms with Crippen LogP contribution in [0.1, 0.15) is 87.9 Å². The van der Waals surface area contributed by atoms with Crippen molar-refractivity contribution in [3.63, 3.8) is 0 Å². The molecule has 3 rings (SSSR count). The number of rotatable bonds is 10. The van der Waals surface area contributed by atoms with Gasteiger partial charge >= 0.3 is 5.97 Å². The average molecular weight is 453 g/mol. The maximum absolute atomic E-state index is 10.8. The summed E-state index contributed by atoms with van der Waals surface area (Å²) in [5.74, 6) is 0.245. The van der Waals surface area contributed by atoms with Crippen molar-refractivity contribution in [1.82, 2.24) is 0 Å². The topological polar surface area (TPSA) is 76.0 Å². The van der Waals surface area contributed by atoms with Crippen LogP contribution in [0.25, 0.3) is 0 Å². The van der Waals surface area contributed by atoms with E-state index in [1.54, 1.807) is 0 Å². The molecule has 0 aromatic heterocycles. The number of benzene rings is 1. The molecule has 1 aromatic rings. The van der Waals surface area contributed by atoms with Crippen molar-refractivity contribution in [3.8, 4) is 0 Å². The molecular formula is C25H37ClO5. The lowest BCUT2D eigenvalue weighted by Gasteiger charge is -2.28. The molecule has 2 aliphatic carbocycles. The molecule has 5 atom stereocenters. The molecule has 6 heteroatoms. The van der Waals surface area contributed by atoms with Gasteiger partial charge in [-0.15, -0.1) is 11.6 Å². The summed E-state index contributed by atoms with van der Waals surface area (Å²) >= 11 is 6.61. The van der Waals surface area contributed by atoms with Crippen molar-refractivity contribution < 1.29 is 24.5 Å². The minimum absolute atomic E-state index is 0.00269. The predicted molar refractivity (Wildman–Crippen MR) is 121 cm³/mol. The standard InChI is InChI=1S/C25H37ClO5/c1-17(27)31-16-30-14-6-5-9-21-22(26)15-23(28)24(21)18-10-12-20(13-11-18)25(29)19-7-3-2-4-8-19/h10-13,19,21-25,28-29H,2-9,14-16H2,1H3/t21-,22+,23+,24+,25?/m0/s1. The van der Waals surface area contributed by atoms with Crippen LogP contribution in [0.3, 0.4) is 0 Å². The number of ether oxygens (including phenoxy) is 2. The third kappa shape index (κ3) is 6.92. The van der Waals surface area contributed by atoms with Gasteiger partial charge in [-0.3, -0.25) is 4.79 Å². The fraction of sp³-hybridized carbons (Fsp3) is 0.720. The Hall–Kier alpha value is -1.14. The van der Waals surface area contributed by atoms with E-state index in [9.17, 15) is 15.0 Å². The molecule has 0 aliphatic heterocycles. The van der Waals surface area contributed by atoms with Crippen LogP contribution in [0.5, 0.6) is 0 Å². The number of aliphatic hydroxyl groups excluding tert-OH is 2. The van der Waals surface area contributed by atoms with E-state index in [0.717, 1.165) is 43.2 Å². The zero-order chi connectivity index (χ0) is 22.2. The number of carbonyl (C=O) groups excluding carboxylic acids is 1. The molecule has 31 heavy (non-hydrogen) atoms. The van der Waals surface area contributed by atoms with E-state index in [1.807, 2.05) is 12.1 Å². The number of carbonyl (C=O) groups is 1. The van der Waals surface area contributed by atoms with E-state index in [1.165, 1.54) is 26.2 Å². The van der Waals surface area contributed by atoms with Crippen molar-refractivity contribution in [1.29, 1.82) is 0 Å². The van der Waals surface area contributed by atoms with Gasteiger partial charge in [-0.1, -0.05) is 49.9 Å². The van der Waals surface area contributed by atoms with Gasteiger partial charge in [0.15, 0.2) is 6.79 Å². The van der Waals surface area contributed by atoms with Gasteiger partial charge in [-0.2, -0.15) is 0 Å². The smallest absolute Gasteiger partial charge is 0.304 e. The second-order valence-corrected chi connectivity index (χ2v) is 9.74. The maximum atomic E-state index is 10.8. The lowest BCUT2D eigenvalue weighted by Crippen LogP contribution is -2.19. The first-order valence-corrected chi connectivity index (χ1v) is 12.2. The van der Waals surface area contributed by atoms with Crippen LogP contribution in [0.4, 0.5) is 0 Å². The van der Waals surface area contributed by atoms with Crippen LogP contribution >= 0.6 is 11.6 Å². The molecule has 0 radical (unpaired) electrons. The summed E-state index contributed by atoms with van der Waals surface area (Å²) in [5, 5.41) is 21.4. The largest absolute Gasteiger partial charge is 0.439 e. The summed E-state index contributed by atoms with van der Waals surface area (Å²) < 4.78 is 10.1. The van der Waals surface area contributed by atoms with Crippen LogP contribution < -0.4 is 0 Å². The van der Waals surface area contributed by atoms with Crippen molar-refractivity contribution in [2.75, 3.05) is 13.4 Å². The molecule has 0 saturated heterocycles. The Kier molecular flexibility index (Phi) is 9.64. The van der Waals surface area contributed by atoms with Crippen LogP contribution in [0, 0.1) is 11.8 Å². The fourth-order valence-corrected chi connectivity index (χ4v) is 5.76. The molecule has 2 fully saturated rings. The highest BCUT2D eigenvalue weighted by molar-refractivity contribution is 6.21. The van der Waals surface area contributed by atoms with Gasteiger partial charge in [-0.25, -0.2) is 0 Å². The van der Waals surface area contributed by atoms with E-state index in [2.05, 4.69) is 12.1 Å². The Bertz CT molecular complexity index is 673. The molecule has 5 nitrogen and oxygen atoms in total. The first-order valence-electron chi connectivity index (χ1n) is 11.8. The number of alkyl halides is 1. The highest BCUT2D eigenvalue weighted by Crippen LogP contribution is 2.45. The van der Waals surface area contributed by atoms with E-state index in [-0.39, 0.29) is 30.0 Å². The summed E-state index contributed by atoms with van der Waals surface area (Å²) in [6, 6.07) is 8.20. The lowest BCUT2D eigenvalue weighted by atomic mass is 9.81. The molecule has 1 aromatic carbocycles. The van der Waals surface area contributed by atoms with Gasteiger partial charge in [0.05, 0.1) is 18.8 Å².